The molecule has 1 fully saturated rings. The fourth-order valence-corrected chi connectivity index (χ4v) is 2.97. The van der Waals surface area contributed by atoms with E-state index in [2.05, 4.69) is 0 Å². The van der Waals surface area contributed by atoms with Gasteiger partial charge in [0.15, 0.2) is 0 Å². The normalized spacial score (nSPS) is 20.2. The molecule has 0 atom stereocenters. The van der Waals surface area contributed by atoms with Crippen LogP contribution in [0.1, 0.15) is 12.8 Å². The number of hydrogen-bond acceptors (Lipinski definition) is 3. The number of nitrogens with zero attached hydrogens (tertiary/aromatic N) is 1. The van der Waals surface area contributed by atoms with E-state index in [1.807, 2.05) is 0 Å². The van der Waals surface area contributed by atoms with Gasteiger partial charge in [-0.15, -0.1) is 11.6 Å². The van der Waals surface area contributed by atoms with E-state index in [4.69, 9.17) is 16.7 Å². The van der Waals surface area contributed by atoms with Crippen LogP contribution in [0.15, 0.2) is 0 Å². The Labute approximate surface area is 83.5 Å². The summed E-state index contributed by atoms with van der Waals surface area (Å²) in [5.74, 6) is 0.643. The van der Waals surface area contributed by atoms with Crippen LogP contribution >= 0.6 is 11.6 Å². The predicted molar refractivity (Wildman–Crippen MR) is 51.3 cm³/mol. The molecule has 0 radical (unpaired) electrons. The minimum Gasteiger partial charge on any atom is -0.390 e. The number of β-amino-alcohol motifs (C(OH)–C–C–N with tert-alkyl or cyclic N) is 1. The van der Waals surface area contributed by atoms with Crippen molar-refractivity contribution >= 4 is 21.6 Å². The van der Waals surface area contributed by atoms with Crippen LogP contribution in [0.2, 0.25) is 0 Å². The SMILES string of the molecule is O=S(=O)(CCCCCl)N1CC(O)C1. The smallest absolute Gasteiger partial charge is 0.214 e. The average Bonchev–Trinajstić information content (AvgIpc) is 1.99. The Hall–Kier alpha value is 0.160. The number of aliphatic hydroxyl groups is 1. The molecular weight excluding hydrogens is 214 g/mol. The van der Waals surface area contributed by atoms with Gasteiger partial charge >= 0.3 is 0 Å². The van der Waals surface area contributed by atoms with Gasteiger partial charge in [0.1, 0.15) is 0 Å². The van der Waals surface area contributed by atoms with E-state index in [0.717, 1.165) is 6.42 Å². The Bertz CT molecular complexity index is 248. The number of alkyl halides is 1. The third-order valence-electron chi connectivity index (χ3n) is 2.01. The van der Waals surface area contributed by atoms with Gasteiger partial charge in [0.05, 0.1) is 11.9 Å². The second kappa shape index (κ2) is 4.59. The highest BCUT2D eigenvalue weighted by atomic mass is 35.5. The van der Waals surface area contributed by atoms with Crippen molar-refractivity contribution in [2.75, 3.05) is 24.7 Å². The molecule has 0 aromatic heterocycles. The highest BCUT2D eigenvalue weighted by Gasteiger charge is 2.33. The average molecular weight is 228 g/mol. The Balaban J connectivity index is 2.30. The van der Waals surface area contributed by atoms with Crippen molar-refractivity contribution in [3.8, 4) is 0 Å². The lowest BCUT2D eigenvalue weighted by atomic mass is 10.2. The molecule has 13 heavy (non-hydrogen) atoms. The lowest BCUT2D eigenvalue weighted by Gasteiger charge is -2.34. The number of halogens is 1. The molecule has 0 unspecified atom stereocenters. The fraction of sp³-hybridized carbons (Fsp3) is 1.00. The van der Waals surface area contributed by atoms with Crippen molar-refractivity contribution in [1.82, 2.24) is 4.31 Å². The van der Waals surface area contributed by atoms with E-state index in [9.17, 15) is 8.42 Å². The van der Waals surface area contributed by atoms with Gasteiger partial charge in [-0.3, -0.25) is 0 Å². The molecule has 1 aliphatic rings. The minimum atomic E-state index is -3.11. The summed E-state index contributed by atoms with van der Waals surface area (Å²) in [4.78, 5) is 0. The summed E-state index contributed by atoms with van der Waals surface area (Å²) in [5.41, 5.74) is 0. The van der Waals surface area contributed by atoms with Crippen LogP contribution in [0.4, 0.5) is 0 Å². The summed E-state index contributed by atoms with van der Waals surface area (Å²) in [7, 11) is -3.11. The molecule has 0 amide bonds. The summed E-state index contributed by atoms with van der Waals surface area (Å²) in [6.45, 7) is 0.506. The second-order valence-corrected chi connectivity index (χ2v) is 5.65. The van der Waals surface area contributed by atoms with Gasteiger partial charge in [0.25, 0.3) is 0 Å². The molecule has 0 aromatic rings. The molecule has 1 saturated heterocycles. The van der Waals surface area contributed by atoms with Crippen LogP contribution in [0.3, 0.4) is 0 Å². The summed E-state index contributed by atoms with van der Waals surface area (Å²) in [6, 6.07) is 0. The summed E-state index contributed by atoms with van der Waals surface area (Å²) in [5, 5.41) is 8.93. The van der Waals surface area contributed by atoms with Crippen LogP contribution in [-0.2, 0) is 10.0 Å². The van der Waals surface area contributed by atoms with Crippen molar-refractivity contribution in [1.29, 1.82) is 0 Å². The molecule has 6 heteroatoms. The van der Waals surface area contributed by atoms with E-state index < -0.39 is 16.1 Å². The van der Waals surface area contributed by atoms with Gasteiger partial charge in [-0.1, -0.05) is 0 Å². The molecule has 0 spiro atoms. The Morgan fingerprint density at radius 2 is 2.00 bits per heavy atom. The molecule has 1 N–H and O–H groups in total. The van der Waals surface area contributed by atoms with Gasteiger partial charge in [0.2, 0.25) is 10.0 Å². The summed E-state index contributed by atoms with van der Waals surface area (Å²) < 4.78 is 24.1. The maximum absolute atomic E-state index is 11.4. The highest BCUT2D eigenvalue weighted by Crippen LogP contribution is 2.14. The molecule has 4 nitrogen and oxygen atoms in total. The molecule has 1 heterocycles. The number of unbranched alkanes of at least 4 members (excludes halogenated alkanes) is 1. The van der Waals surface area contributed by atoms with Gasteiger partial charge in [0, 0.05) is 19.0 Å². The van der Waals surface area contributed by atoms with Crippen LogP contribution in [-0.4, -0.2) is 48.7 Å². The van der Waals surface area contributed by atoms with Crippen LogP contribution in [0.25, 0.3) is 0 Å². The first kappa shape index (κ1) is 11.2. The van der Waals surface area contributed by atoms with Crippen molar-refractivity contribution in [3.63, 3.8) is 0 Å². The summed E-state index contributed by atoms with van der Waals surface area (Å²) in [6.07, 6.45) is 0.845. The van der Waals surface area contributed by atoms with Crippen LogP contribution in [0.5, 0.6) is 0 Å². The quantitative estimate of drug-likeness (QED) is 0.532. The van der Waals surface area contributed by atoms with Crippen molar-refractivity contribution in [2.45, 2.75) is 18.9 Å². The maximum atomic E-state index is 11.4. The fourth-order valence-electron chi connectivity index (χ4n) is 1.15. The summed E-state index contributed by atoms with van der Waals surface area (Å²) >= 11 is 5.43. The van der Waals surface area contributed by atoms with Gasteiger partial charge in [-0.2, -0.15) is 4.31 Å². The number of sulfonamides is 1. The van der Waals surface area contributed by atoms with E-state index in [0.29, 0.717) is 12.3 Å². The monoisotopic (exact) mass is 227 g/mol. The molecule has 1 aliphatic heterocycles. The molecule has 0 aromatic carbocycles. The van der Waals surface area contributed by atoms with Gasteiger partial charge in [-0.05, 0) is 12.8 Å². The standard InChI is InChI=1S/C7H14ClNO3S/c8-3-1-2-4-13(11,12)9-5-7(10)6-9/h7,10H,1-6H2. The van der Waals surface area contributed by atoms with Crippen molar-refractivity contribution in [2.24, 2.45) is 0 Å². The first-order chi connectivity index (χ1) is 6.06. The second-order valence-electron chi connectivity index (χ2n) is 3.18. The number of aliphatic hydroxyl groups excluding tert-OH is 1. The zero-order valence-electron chi connectivity index (χ0n) is 7.32. The Morgan fingerprint density at radius 1 is 1.38 bits per heavy atom. The lowest BCUT2D eigenvalue weighted by Crippen LogP contribution is -2.53. The Kier molecular flexibility index (Phi) is 3.97. The first-order valence-corrected chi connectivity index (χ1v) is 6.42. The number of rotatable bonds is 5. The van der Waals surface area contributed by atoms with E-state index >= 15 is 0 Å². The molecule has 0 bridgehead atoms. The molecule has 78 valence electrons. The first-order valence-electron chi connectivity index (χ1n) is 4.28. The topological polar surface area (TPSA) is 57.6 Å². The highest BCUT2D eigenvalue weighted by molar-refractivity contribution is 7.89. The molecule has 0 aliphatic carbocycles. The van der Waals surface area contributed by atoms with Gasteiger partial charge in [-0.25, -0.2) is 8.42 Å². The third kappa shape index (κ3) is 3.09. The van der Waals surface area contributed by atoms with Crippen LogP contribution < -0.4 is 0 Å². The molecule has 1 rings (SSSR count). The molecular formula is C7H14ClNO3S. The van der Waals surface area contributed by atoms with Crippen LogP contribution in [0, 0.1) is 0 Å². The number of hydrogen-bond donors (Lipinski definition) is 1. The van der Waals surface area contributed by atoms with E-state index in [1.54, 1.807) is 0 Å². The largest absolute Gasteiger partial charge is 0.390 e. The van der Waals surface area contributed by atoms with E-state index in [-0.39, 0.29) is 18.8 Å². The minimum absolute atomic E-state index is 0.145. The van der Waals surface area contributed by atoms with Gasteiger partial charge < -0.3 is 5.11 Å². The zero-order chi connectivity index (χ0) is 9.90. The van der Waals surface area contributed by atoms with E-state index in [1.165, 1.54) is 4.31 Å². The lowest BCUT2D eigenvalue weighted by molar-refractivity contribution is 0.0548. The maximum Gasteiger partial charge on any atom is 0.214 e. The predicted octanol–water partition coefficient (Wildman–Crippen LogP) is 0.0117. The zero-order valence-corrected chi connectivity index (χ0v) is 8.89. The third-order valence-corrected chi connectivity index (χ3v) is 4.16. The molecule has 0 saturated carbocycles. The van der Waals surface area contributed by atoms with Crippen molar-refractivity contribution < 1.29 is 13.5 Å². The Morgan fingerprint density at radius 3 is 2.46 bits per heavy atom. The van der Waals surface area contributed by atoms with Crippen molar-refractivity contribution in [3.05, 3.63) is 0 Å².